The third-order valence-corrected chi connectivity index (χ3v) is 6.58. The predicted molar refractivity (Wildman–Crippen MR) is 121 cm³/mol. The first-order valence-electron chi connectivity index (χ1n) is 10.9. The minimum Gasteiger partial charge on any atom is -0.465 e. The van der Waals surface area contributed by atoms with Crippen LogP contribution in [-0.4, -0.2) is 30.6 Å². The SMILES string of the molecule is COC(=O)c1cc(CC(=O)C2(c3ccc4c(c3)OCO4)CC2)cc2cc(C(C)(C)C)[nH]c12. The summed E-state index contributed by atoms with van der Waals surface area (Å²) < 4.78 is 15.9. The minimum atomic E-state index is -0.490. The van der Waals surface area contributed by atoms with E-state index in [0.29, 0.717) is 17.1 Å². The van der Waals surface area contributed by atoms with E-state index in [9.17, 15) is 9.59 Å². The van der Waals surface area contributed by atoms with Crippen LogP contribution in [0.15, 0.2) is 36.4 Å². The average molecular weight is 434 g/mol. The number of carbonyl (C=O) groups is 2. The monoisotopic (exact) mass is 433 g/mol. The number of ether oxygens (including phenoxy) is 3. The summed E-state index contributed by atoms with van der Waals surface area (Å²) in [5.74, 6) is 1.15. The van der Waals surface area contributed by atoms with Gasteiger partial charge < -0.3 is 19.2 Å². The Morgan fingerprint density at radius 1 is 1.06 bits per heavy atom. The van der Waals surface area contributed by atoms with Crippen LogP contribution in [0.4, 0.5) is 0 Å². The van der Waals surface area contributed by atoms with Crippen molar-refractivity contribution < 1.29 is 23.8 Å². The fourth-order valence-corrected chi connectivity index (χ4v) is 4.49. The van der Waals surface area contributed by atoms with Crippen molar-refractivity contribution in [2.75, 3.05) is 13.9 Å². The van der Waals surface area contributed by atoms with Gasteiger partial charge in [-0.25, -0.2) is 4.79 Å². The number of methoxy groups -OCH3 is 1. The second-order valence-electron chi connectivity index (χ2n) is 9.78. The van der Waals surface area contributed by atoms with Crippen molar-refractivity contribution >= 4 is 22.7 Å². The lowest BCUT2D eigenvalue weighted by molar-refractivity contribution is -0.120. The highest BCUT2D eigenvalue weighted by atomic mass is 16.7. The molecule has 1 saturated carbocycles. The van der Waals surface area contributed by atoms with Crippen LogP contribution in [0.1, 0.15) is 60.8 Å². The van der Waals surface area contributed by atoms with Gasteiger partial charge in [0.1, 0.15) is 5.78 Å². The van der Waals surface area contributed by atoms with E-state index in [1.807, 2.05) is 24.3 Å². The lowest BCUT2D eigenvalue weighted by Gasteiger charge is -2.16. The van der Waals surface area contributed by atoms with Gasteiger partial charge in [0.15, 0.2) is 11.5 Å². The van der Waals surface area contributed by atoms with E-state index in [4.69, 9.17) is 14.2 Å². The number of esters is 1. The molecule has 6 nitrogen and oxygen atoms in total. The van der Waals surface area contributed by atoms with Gasteiger partial charge in [0.25, 0.3) is 0 Å². The Hall–Kier alpha value is -3.28. The smallest absolute Gasteiger partial charge is 0.340 e. The maximum atomic E-state index is 13.5. The summed E-state index contributed by atoms with van der Waals surface area (Å²) in [5, 5.41) is 0.911. The lowest BCUT2D eigenvalue weighted by Crippen LogP contribution is -2.22. The van der Waals surface area contributed by atoms with E-state index in [-0.39, 0.29) is 24.4 Å². The molecule has 6 heteroatoms. The fourth-order valence-electron chi connectivity index (χ4n) is 4.49. The van der Waals surface area contributed by atoms with E-state index in [1.54, 1.807) is 6.07 Å². The molecule has 1 N–H and O–H groups in total. The number of aromatic amines is 1. The van der Waals surface area contributed by atoms with Crippen LogP contribution >= 0.6 is 0 Å². The van der Waals surface area contributed by atoms with Gasteiger partial charge in [0.05, 0.1) is 23.6 Å². The molecule has 0 bridgehead atoms. The van der Waals surface area contributed by atoms with Crippen molar-refractivity contribution in [3.05, 3.63) is 58.8 Å². The fraction of sp³-hybridized carbons (Fsp3) is 0.385. The van der Waals surface area contributed by atoms with Gasteiger partial charge in [-0.2, -0.15) is 0 Å². The zero-order chi connectivity index (χ0) is 22.7. The van der Waals surface area contributed by atoms with Crippen molar-refractivity contribution in [2.45, 2.75) is 50.9 Å². The predicted octanol–water partition coefficient (Wildman–Crippen LogP) is 4.82. The van der Waals surface area contributed by atoms with Crippen molar-refractivity contribution in [1.29, 1.82) is 0 Å². The molecule has 32 heavy (non-hydrogen) atoms. The van der Waals surface area contributed by atoms with Crippen LogP contribution in [-0.2, 0) is 26.8 Å². The second-order valence-corrected chi connectivity index (χ2v) is 9.78. The van der Waals surface area contributed by atoms with Crippen molar-refractivity contribution in [1.82, 2.24) is 4.98 Å². The first kappa shape index (κ1) is 20.6. The molecule has 0 saturated heterocycles. The number of fused-ring (bicyclic) bond motifs is 2. The maximum absolute atomic E-state index is 13.5. The number of rotatable bonds is 5. The van der Waals surface area contributed by atoms with Crippen LogP contribution in [0.2, 0.25) is 0 Å². The molecule has 1 aliphatic carbocycles. The number of H-pyrrole nitrogens is 1. The van der Waals surface area contributed by atoms with Gasteiger partial charge in [-0.3, -0.25) is 4.79 Å². The lowest BCUT2D eigenvalue weighted by atomic mass is 9.87. The molecule has 2 heterocycles. The average Bonchev–Trinajstić information content (AvgIpc) is 3.23. The Morgan fingerprint density at radius 2 is 1.81 bits per heavy atom. The number of hydrogen-bond acceptors (Lipinski definition) is 5. The third-order valence-electron chi connectivity index (χ3n) is 6.58. The van der Waals surface area contributed by atoms with Crippen LogP contribution < -0.4 is 9.47 Å². The van der Waals surface area contributed by atoms with Crippen molar-refractivity contribution in [3.63, 3.8) is 0 Å². The van der Waals surface area contributed by atoms with Crippen molar-refractivity contribution in [3.8, 4) is 11.5 Å². The van der Waals surface area contributed by atoms with Crippen molar-refractivity contribution in [2.24, 2.45) is 0 Å². The molecule has 2 aromatic carbocycles. The molecule has 1 aliphatic heterocycles. The van der Waals surface area contributed by atoms with Gasteiger partial charge in [-0.05, 0) is 54.3 Å². The molecule has 0 amide bonds. The summed E-state index contributed by atoms with van der Waals surface area (Å²) in [6.45, 7) is 6.55. The topological polar surface area (TPSA) is 77.6 Å². The molecule has 1 fully saturated rings. The maximum Gasteiger partial charge on any atom is 0.340 e. The highest BCUT2D eigenvalue weighted by Crippen LogP contribution is 2.51. The zero-order valence-corrected chi connectivity index (χ0v) is 18.8. The van der Waals surface area contributed by atoms with Crippen LogP contribution in [0.5, 0.6) is 11.5 Å². The number of Topliss-reactive ketones (excluding diaryl/α,β-unsaturated/α-hetero) is 1. The molecule has 166 valence electrons. The van der Waals surface area contributed by atoms with Gasteiger partial charge in [-0.1, -0.05) is 26.8 Å². The third kappa shape index (κ3) is 3.34. The molecular formula is C26H27NO5. The summed E-state index contributed by atoms with van der Waals surface area (Å²) in [4.78, 5) is 29.3. The standard InChI is InChI=1S/C26H27NO5/c1-25(2,3)21-12-16-9-15(10-18(23(16)27-21)24(29)30-4)11-22(28)26(7-8-26)17-5-6-19-20(13-17)32-14-31-19/h5-6,9-10,12-13,27H,7-8,11,14H2,1-4H3. The zero-order valence-electron chi connectivity index (χ0n) is 18.8. The molecule has 5 rings (SSSR count). The van der Waals surface area contributed by atoms with Gasteiger partial charge in [0, 0.05) is 22.9 Å². The summed E-state index contributed by atoms with van der Waals surface area (Å²) >= 11 is 0. The molecule has 3 aromatic rings. The van der Waals surface area contributed by atoms with Gasteiger partial charge >= 0.3 is 5.97 Å². The number of benzene rings is 2. The van der Waals surface area contributed by atoms with E-state index in [1.165, 1.54) is 7.11 Å². The molecule has 0 spiro atoms. The normalized spacial score (nSPS) is 16.2. The number of ketones is 1. The summed E-state index contributed by atoms with van der Waals surface area (Å²) in [6.07, 6.45) is 1.89. The van der Waals surface area contributed by atoms with Crippen LogP contribution in [0, 0.1) is 0 Å². The Bertz CT molecular complexity index is 1240. The quantitative estimate of drug-likeness (QED) is 0.584. The summed E-state index contributed by atoms with van der Waals surface area (Å²) in [6, 6.07) is 11.6. The number of hydrogen-bond donors (Lipinski definition) is 1. The first-order valence-corrected chi connectivity index (χ1v) is 10.9. The molecular weight excluding hydrogens is 406 g/mol. The largest absolute Gasteiger partial charge is 0.465 e. The van der Waals surface area contributed by atoms with E-state index >= 15 is 0 Å². The Balaban J connectivity index is 1.49. The van der Waals surface area contributed by atoms with Crippen LogP contribution in [0.25, 0.3) is 10.9 Å². The summed E-state index contributed by atoms with van der Waals surface area (Å²) in [7, 11) is 1.37. The first-order chi connectivity index (χ1) is 15.2. The van der Waals surface area contributed by atoms with E-state index in [0.717, 1.165) is 40.6 Å². The number of nitrogens with one attached hydrogen (secondary N) is 1. The minimum absolute atomic E-state index is 0.0974. The Labute approximate surface area is 186 Å². The molecule has 0 unspecified atom stereocenters. The molecule has 0 atom stereocenters. The highest BCUT2D eigenvalue weighted by molar-refractivity contribution is 6.04. The molecule has 1 aromatic heterocycles. The van der Waals surface area contributed by atoms with E-state index in [2.05, 4.69) is 31.8 Å². The summed E-state index contributed by atoms with van der Waals surface area (Å²) in [5.41, 5.74) is 3.42. The van der Waals surface area contributed by atoms with Gasteiger partial charge in [-0.15, -0.1) is 0 Å². The van der Waals surface area contributed by atoms with E-state index < -0.39 is 11.4 Å². The highest BCUT2D eigenvalue weighted by Gasteiger charge is 2.50. The van der Waals surface area contributed by atoms with Gasteiger partial charge in [0.2, 0.25) is 6.79 Å². The second kappa shape index (κ2) is 7.12. The number of carbonyl (C=O) groups excluding carboxylic acids is 2. The van der Waals surface area contributed by atoms with Crippen LogP contribution in [0.3, 0.4) is 0 Å². The Kier molecular flexibility index (Phi) is 4.59. The number of aromatic nitrogens is 1. The molecule has 0 radical (unpaired) electrons. The Morgan fingerprint density at radius 3 is 2.50 bits per heavy atom. The molecule has 2 aliphatic rings.